The molecule has 0 fully saturated rings. The standard InChI is InChI=1S/C19H20N4O3S/c1-14(2)15-6-8-17(9-7-15)27(24,25)23-18-19(22-12-11-21-18)26-13-16-5-3-4-10-20-16/h3-12,14H,13H2,1-2H3,(H,21,23). The summed E-state index contributed by atoms with van der Waals surface area (Å²) in [4.78, 5) is 12.4. The fourth-order valence-electron chi connectivity index (χ4n) is 2.34. The van der Waals surface area contributed by atoms with E-state index in [1.807, 2.05) is 19.9 Å². The topological polar surface area (TPSA) is 94.1 Å². The molecule has 1 N–H and O–H groups in total. The Kier molecular flexibility index (Phi) is 5.66. The van der Waals surface area contributed by atoms with Crippen molar-refractivity contribution < 1.29 is 13.2 Å². The zero-order valence-corrected chi connectivity index (χ0v) is 15.8. The first-order chi connectivity index (χ1) is 13.0. The van der Waals surface area contributed by atoms with Crippen molar-refractivity contribution in [1.82, 2.24) is 15.0 Å². The van der Waals surface area contributed by atoms with E-state index in [1.54, 1.807) is 42.6 Å². The van der Waals surface area contributed by atoms with Gasteiger partial charge in [0.1, 0.15) is 6.61 Å². The Morgan fingerprint density at radius 1 is 0.963 bits per heavy atom. The highest BCUT2D eigenvalue weighted by Gasteiger charge is 2.18. The summed E-state index contributed by atoms with van der Waals surface area (Å²) in [6.07, 6.45) is 4.48. The molecule has 0 aliphatic carbocycles. The predicted molar refractivity (Wildman–Crippen MR) is 102 cm³/mol. The fourth-order valence-corrected chi connectivity index (χ4v) is 3.35. The number of nitrogens with one attached hydrogen (secondary N) is 1. The first kappa shape index (κ1) is 18.8. The summed E-state index contributed by atoms with van der Waals surface area (Å²) in [5.41, 5.74) is 1.76. The lowest BCUT2D eigenvalue weighted by atomic mass is 10.0. The monoisotopic (exact) mass is 384 g/mol. The van der Waals surface area contributed by atoms with Gasteiger partial charge in [0, 0.05) is 18.6 Å². The molecule has 0 saturated heterocycles. The molecule has 0 amide bonds. The van der Waals surface area contributed by atoms with Gasteiger partial charge in [0.15, 0.2) is 0 Å². The smallest absolute Gasteiger partial charge is 0.263 e. The molecule has 0 bridgehead atoms. The minimum atomic E-state index is -3.81. The normalized spacial score (nSPS) is 11.4. The maximum atomic E-state index is 12.7. The third-order valence-electron chi connectivity index (χ3n) is 3.84. The summed E-state index contributed by atoms with van der Waals surface area (Å²) < 4.78 is 33.4. The molecule has 2 aromatic heterocycles. The van der Waals surface area contributed by atoms with Crippen LogP contribution < -0.4 is 9.46 Å². The van der Waals surface area contributed by atoms with Crippen LogP contribution in [-0.2, 0) is 16.6 Å². The molecular weight excluding hydrogens is 364 g/mol. The van der Waals surface area contributed by atoms with Crippen LogP contribution in [0.2, 0.25) is 0 Å². The molecule has 2 heterocycles. The molecule has 0 spiro atoms. The maximum absolute atomic E-state index is 12.7. The Balaban J connectivity index is 1.78. The lowest BCUT2D eigenvalue weighted by Gasteiger charge is -2.12. The molecule has 7 nitrogen and oxygen atoms in total. The van der Waals surface area contributed by atoms with Crippen LogP contribution in [0.5, 0.6) is 5.88 Å². The van der Waals surface area contributed by atoms with Crippen molar-refractivity contribution in [2.45, 2.75) is 31.3 Å². The summed E-state index contributed by atoms with van der Waals surface area (Å²) in [5.74, 6) is 0.438. The van der Waals surface area contributed by atoms with E-state index >= 15 is 0 Å². The summed E-state index contributed by atoms with van der Waals surface area (Å²) in [6.45, 7) is 4.25. The zero-order valence-electron chi connectivity index (χ0n) is 15.0. The average Bonchev–Trinajstić information content (AvgIpc) is 2.68. The fraction of sp³-hybridized carbons (Fsp3) is 0.211. The molecule has 0 aliphatic heterocycles. The quantitative estimate of drug-likeness (QED) is 0.671. The van der Waals surface area contributed by atoms with Gasteiger partial charge >= 0.3 is 0 Å². The van der Waals surface area contributed by atoms with Crippen molar-refractivity contribution >= 4 is 15.8 Å². The van der Waals surface area contributed by atoms with Gasteiger partial charge in [-0.3, -0.25) is 9.71 Å². The predicted octanol–water partition coefficient (Wildman–Crippen LogP) is 3.37. The van der Waals surface area contributed by atoms with Gasteiger partial charge in [-0.1, -0.05) is 32.0 Å². The number of sulfonamides is 1. The Morgan fingerprint density at radius 3 is 2.37 bits per heavy atom. The van der Waals surface area contributed by atoms with E-state index in [1.165, 1.54) is 12.4 Å². The Morgan fingerprint density at radius 2 is 1.70 bits per heavy atom. The lowest BCUT2D eigenvalue weighted by molar-refractivity contribution is 0.290. The number of hydrogen-bond donors (Lipinski definition) is 1. The Bertz CT molecular complexity index is 991. The summed E-state index contributed by atoms with van der Waals surface area (Å²) in [6, 6.07) is 12.2. The second-order valence-electron chi connectivity index (χ2n) is 6.15. The molecule has 1 aromatic carbocycles. The van der Waals surface area contributed by atoms with E-state index < -0.39 is 10.0 Å². The van der Waals surface area contributed by atoms with Gasteiger partial charge in [-0.2, -0.15) is 0 Å². The van der Waals surface area contributed by atoms with Crippen LogP contribution in [0.3, 0.4) is 0 Å². The van der Waals surface area contributed by atoms with Gasteiger partial charge in [0.25, 0.3) is 15.9 Å². The van der Waals surface area contributed by atoms with Crippen LogP contribution in [0, 0.1) is 0 Å². The first-order valence-electron chi connectivity index (χ1n) is 8.42. The van der Waals surface area contributed by atoms with Crippen molar-refractivity contribution in [3.05, 3.63) is 72.3 Å². The lowest BCUT2D eigenvalue weighted by Crippen LogP contribution is -2.15. The summed E-state index contributed by atoms with van der Waals surface area (Å²) >= 11 is 0. The highest BCUT2D eigenvalue weighted by molar-refractivity contribution is 7.92. The van der Waals surface area contributed by atoms with Crippen molar-refractivity contribution in [2.75, 3.05) is 4.72 Å². The van der Waals surface area contributed by atoms with Crippen LogP contribution >= 0.6 is 0 Å². The van der Waals surface area contributed by atoms with Gasteiger partial charge in [-0.25, -0.2) is 18.4 Å². The highest BCUT2D eigenvalue weighted by atomic mass is 32.2. The number of benzene rings is 1. The second-order valence-corrected chi connectivity index (χ2v) is 7.83. The maximum Gasteiger partial charge on any atom is 0.263 e. The van der Waals surface area contributed by atoms with Gasteiger partial charge < -0.3 is 4.74 Å². The molecule has 8 heteroatoms. The van der Waals surface area contributed by atoms with Crippen molar-refractivity contribution in [1.29, 1.82) is 0 Å². The number of aromatic nitrogens is 3. The molecule has 27 heavy (non-hydrogen) atoms. The molecule has 0 saturated carbocycles. The number of ether oxygens (including phenoxy) is 1. The van der Waals surface area contributed by atoms with Crippen molar-refractivity contribution in [3.8, 4) is 5.88 Å². The van der Waals surface area contributed by atoms with E-state index in [4.69, 9.17) is 4.74 Å². The number of anilines is 1. The third kappa shape index (κ3) is 4.79. The summed E-state index contributed by atoms with van der Waals surface area (Å²) in [7, 11) is -3.81. The first-order valence-corrected chi connectivity index (χ1v) is 9.90. The number of pyridine rings is 1. The van der Waals surface area contributed by atoms with Crippen molar-refractivity contribution in [2.24, 2.45) is 0 Å². The van der Waals surface area contributed by atoms with Gasteiger partial charge in [0.05, 0.1) is 10.6 Å². The van der Waals surface area contributed by atoms with Gasteiger partial charge in [-0.05, 0) is 35.7 Å². The zero-order chi connectivity index (χ0) is 19.3. The van der Waals surface area contributed by atoms with Gasteiger partial charge in [-0.15, -0.1) is 0 Å². The molecule has 0 radical (unpaired) electrons. The minimum Gasteiger partial charge on any atom is -0.469 e. The van der Waals surface area contributed by atoms with Gasteiger partial charge in [0.2, 0.25) is 5.82 Å². The number of hydrogen-bond acceptors (Lipinski definition) is 6. The van der Waals surface area contributed by atoms with Crippen LogP contribution in [0.1, 0.15) is 31.0 Å². The second kappa shape index (κ2) is 8.13. The average molecular weight is 384 g/mol. The molecule has 0 atom stereocenters. The molecule has 140 valence electrons. The molecule has 0 unspecified atom stereocenters. The van der Waals surface area contributed by atoms with E-state index in [-0.39, 0.29) is 23.2 Å². The Labute approximate surface area is 158 Å². The molecule has 0 aliphatic rings. The minimum absolute atomic E-state index is 0.0290. The van der Waals surface area contributed by atoms with Crippen LogP contribution in [0.25, 0.3) is 0 Å². The molecular formula is C19H20N4O3S. The third-order valence-corrected chi connectivity index (χ3v) is 5.19. The van der Waals surface area contributed by atoms with E-state index in [9.17, 15) is 8.42 Å². The van der Waals surface area contributed by atoms with E-state index in [0.29, 0.717) is 11.6 Å². The Hall–Kier alpha value is -3.00. The highest BCUT2D eigenvalue weighted by Crippen LogP contribution is 2.23. The van der Waals surface area contributed by atoms with Crippen molar-refractivity contribution in [3.63, 3.8) is 0 Å². The SMILES string of the molecule is CC(C)c1ccc(S(=O)(=O)Nc2nccnc2OCc2ccccn2)cc1. The molecule has 3 rings (SSSR count). The van der Waals surface area contributed by atoms with E-state index in [0.717, 1.165) is 5.56 Å². The number of rotatable bonds is 7. The van der Waals surface area contributed by atoms with Crippen LogP contribution in [-0.4, -0.2) is 23.4 Å². The van der Waals surface area contributed by atoms with Crippen LogP contribution in [0.15, 0.2) is 66.0 Å². The summed E-state index contributed by atoms with van der Waals surface area (Å²) in [5, 5.41) is 0. The van der Waals surface area contributed by atoms with Crippen LogP contribution in [0.4, 0.5) is 5.82 Å². The number of nitrogens with zero attached hydrogens (tertiary/aromatic N) is 3. The van der Waals surface area contributed by atoms with E-state index in [2.05, 4.69) is 19.7 Å². The largest absolute Gasteiger partial charge is 0.469 e. The molecule has 3 aromatic rings.